The van der Waals surface area contributed by atoms with Crippen LogP contribution in [0, 0.1) is 5.92 Å². The molecule has 0 saturated carbocycles. The maximum atomic E-state index is 11.5. The standard InChI is InChI=1S/C14H20O3/c1-4-13(16)10(2)7-11-5-6-12(9-15)14(8-11)17-3/h5-6,8,10,15H,4,7,9H2,1-3H3. The quantitative estimate of drug-likeness (QED) is 0.824. The Morgan fingerprint density at radius 3 is 2.71 bits per heavy atom. The van der Waals surface area contributed by atoms with Crippen LogP contribution in [0.2, 0.25) is 0 Å². The Balaban J connectivity index is 2.82. The topological polar surface area (TPSA) is 46.5 Å². The lowest BCUT2D eigenvalue weighted by molar-refractivity contribution is -0.122. The molecule has 1 rings (SSSR count). The average Bonchev–Trinajstić information content (AvgIpc) is 2.37. The fourth-order valence-electron chi connectivity index (χ4n) is 1.86. The van der Waals surface area contributed by atoms with Crippen LogP contribution in [0.3, 0.4) is 0 Å². The predicted octanol–water partition coefficient (Wildman–Crippen LogP) is 2.35. The molecule has 0 spiro atoms. The molecule has 17 heavy (non-hydrogen) atoms. The first-order valence-corrected chi connectivity index (χ1v) is 5.91. The fourth-order valence-corrected chi connectivity index (χ4v) is 1.86. The molecule has 0 saturated heterocycles. The summed E-state index contributed by atoms with van der Waals surface area (Å²) >= 11 is 0. The molecule has 94 valence electrons. The van der Waals surface area contributed by atoms with E-state index in [4.69, 9.17) is 9.84 Å². The van der Waals surface area contributed by atoms with Gasteiger partial charge in [0.2, 0.25) is 0 Å². The van der Waals surface area contributed by atoms with Crippen LogP contribution in [0.4, 0.5) is 0 Å². The highest BCUT2D eigenvalue weighted by Gasteiger charge is 2.12. The first kappa shape index (κ1) is 13.7. The van der Waals surface area contributed by atoms with Crippen LogP contribution in [0.5, 0.6) is 5.75 Å². The van der Waals surface area contributed by atoms with Crippen molar-refractivity contribution < 1.29 is 14.6 Å². The summed E-state index contributed by atoms with van der Waals surface area (Å²) < 4.78 is 5.20. The summed E-state index contributed by atoms with van der Waals surface area (Å²) in [6.07, 6.45) is 1.29. The highest BCUT2D eigenvalue weighted by molar-refractivity contribution is 5.80. The zero-order valence-corrected chi connectivity index (χ0v) is 10.7. The van der Waals surface area contributed by atoms with Crippen LogP contribution in [0.25, 0.3) is 0 Å². The molecule has 1 N–H and O–H groups in total. The Bertz CT molecular complexity index is 385. The van der Waals surface area contributed by atoms with Crippen molar-refractivity contribution in [1.82, 2.24) is 0 Å². The third-order valence-electron chi connectivity index (χ3n) is 2.96. The van der Waals surface area contributed by atoms with Crippen molar-refractivity contribution in [1.29, 1.82) is 0 Å². The average molecular weight is 236 g/mol. The maximum Gasteiger partial charge on any atom is 0.135 e. The highest BCUT2D eigenvalue weighted by Crippen LogP contribution is 2.22. The first-order chi connectivity index (χ1) is 8.12. The van der Waals surface area contributed by atoms with Gasteiger partial charge in [-0.05, 0) is 18.1 Å². The number of ether oxygens (including phenoxy) is 1. The van der Waals surface area contributed by atoms with Gasteiger partial charge in [0.15, 0.2) is 0 Å². The number of Topliss-reactive ketones (excluding diaryl/α,β-unsaturated/α-hetero) is 1. The number of rotatable bonds is 6. The second-order valence-corrected chi connectivity index (χ2v) is 4.23. The minimum atomic E-state index is -0.0348. The van der Waals surface area contributed by atoms with E-state index in [1.165, 1.54) is 0 Å². The molecular weight excluding hydrogens is 216 g/mol. The number of aliphatic hydroxyl groups excluding tert-OH is 1. The van der Waals surface area contributed by atoms with Crippen LogP contribution in [-0.4, -0.2) is 18.0 Å². The van der Waals surface area contributed by atoms with E-state index in [1.807, 2.05) is 32.0 Å². The molecule has 0 aromatic heterocycles. The van der Waals surface area contributed by atoms with E-state index in [0.717, 1.165) is 17.5 Å². The third-order valence-corrected chi connectivity index (χ3v) is 2.96. The SMILES string of the molecule is CCC(=O)C(C)Cc1ccc(CO)c(OC)c1. The normalized spacial score (nSPS) is 12.2. The number of hydrogen-bond donors (Lipinski definition) is 1. The van der Waals surface area contributed by atoms with Gasteiger partial charge in [-0.2, -0.15) is 0 Å². The van der Waals surface area contributed by atoms with Crippen molar-refractivity contribution in [2.75, 3.05) is 7.11 Å². The van der Waals surface area contributed by atoms with E-state index >= 15 is 0 Å². The Morgan fingerprint density at radius 1 is 1.47 bits per heavy atom. The number of carbonyl (C=O) groups excluding carboxylic acids is 1. The van der Waals surface area contributed by atoms with E-state index < -0.39 is 0 Å². The van der Waals surface area contributed by atoms with Crippen LogP contribution in [0.1, 0.15) is 31.4 Å². The van der Waals surface area contributed by atoms with Gasteiger partial charge in [-0.25, -0.2) is 0 Å². The monoisotopic (exact) mass is 236 g/mol. The van der Waals surface area contributed by atoms with Gasteiger partial charge in [-0.1, -0.05) is 26.0 Å². The lowest BCUT2D eigenvalue weighted by Crippen LogP contribution is -2.12. The molecule has 0 radical (unpaired) electrons. The van der Waals surface area contributed by atoms with Crippen molar-refractivity contribution in [3.05, 3.63) is 29.3 Å². The molecule has 1 atom stereocenters. The fraction of sp³-hybridized carbons (Fsp3) is 0.500. The number of aliphatic hydroxyl groups is 1. The Labute approximate surface area is 102 Å². The maximum absolute atomic E-state index is 11.5. The summed E-state index contributed by atoms with van der Waals surface area (Å²) in [4.78, 5) is 11.5. The summed E-state index contributed by atoms with van der Waals surface area (Å²) in [5, 5.41) is 9.11. The predicted molar refractivity (Wildman–Crippen MR) is 67.1 cm³/mol. The number of carbonyl (C=O) groups is 1. The van der Waals surface area contributed by atoms with Gasteiger partial charge in [0, 0.05) is 17.9 Å². The number of hydrogen-bond acceptors (Lipinski definition) is 3. The summed E-state index contributed by atoms with van der Waals surface area (Å²) in [5.74, 6) is 0.987. The van der Waals surface area contributed by atoms with E-state index in [9.17, 15) is 4.79 Å². The van der Waals surface area contributed by atoms with Gasteiger partial charge in [0.25, 0.3) is 0 Å². The van der Waals surface area contributed by atoms with Gasteiger partial charge in [0.1, 0.15) is 11.5 Å². The second kappa shape index (κ2) is 6.40. The molecule has 3 nitrogen and oxygen atoms in total. The molecule has 0 aliphatic heterocycles. The Morgan fingerprint density at radius 2 is 2.18 bits per heavy atom. The minimum Gasteiger partial charge on any atom is -0.496 e. The first-order valence-electron chi connectivity index (χ1n) is 5.91. The zero-order valence-electron chi connectivity index (χ0n) is 10.7. The lowest BCUT2D eigenvalue weighted by atomic mass is 9.95. The van der Waals surface area contributed by atoms with Crippen LogP contribution in [0.15, 0.2) is 18.2 Å². The molecular formula is C14H20O3. The van der Waals surface area contributed by atoms with E-state index in [2.05, 4.69) is 0 Å². The molecule has 1 aromatic carbocycles. The summed E-state index contributed by atoms with van der Waals surface area (Å²) in [5.41, 5.74) is 1.83. The minimum absolute atomic E-state index is 0.0321. The molecule has 0 aliphatic carbocycles. The Kier molecular flexibility index (Phi) is 5.16. The van der Waals surface area contributed by atoms with Crippen LogP contribution < -0.4 is 4.74 Å². The van der Waals surface area contributed by atoms with E-state index in [1.54, 1.807) is 7.11 Å². The highest BCUT2D eigenvalue weighted by atomic mass is 16.5. The van der Waals surface area contributed by atoms with E-state index in [-0.39, 0.29) is 18.3 Å². The third kappa shape index (κ3) is 3.56. The molecule has 0 amide bonds. The summed E-state index contributed by atoms with van der Waals surface area (Å²) in [6.45, 7) is 3.79. The number of methoxy groups -OCH3 is 1. The molecule has 0 heterocycles. The molecule has 3 heteroatoms. The van der Waals surface area contributed by atoms with Gasteiger partial charge in [-0.15, -0.1) is 0 Å². The van der Waals surface area contributed by atoms with Gasteiger partial charge < -0.3 is 9.84 Å². The number of benzene rings is 1. The smallest absolute Gasteiger partial charge is 0.135 e. The van der Waals surface area contributed by atoms with Crippen molar-refractivity contribution in [2.45, 2.75) is 33.3 Å². The van der Waals surface area contributed by atoms with Crippen molar-refractivity contribution >= 4 is 5.78 Å². The van der Waals surface area contributed by atoms with Crippen molar-refractivity contribution in [2.24, 2.45) is 5.92 Å². The number of ketones is 1. The summed E-state index contributed by atoms with van der Waals surface area (Å²) in [6, 6.07) is 5.68. The van der Waals surface area contributed by atoms with Gasteiger partial charge in [-0.3, -0.25) is 4.79 Å². The Hall–Kier alpha value is -1.35. The van der Waals surface area contributed by atoms with Gasteiger partial charge >= 0.3 is 0 Å². The lowest BCUT2D eigenvalue weighted by Gasteiger charge is -2.12. The largest absolute Gasteiger partial charge is 0.496 e. The molecule has 1 unspecified atom stereocenters. The van der Waals surface area contributed by atoms with Crippen molar-refractivity contribution in [3.8, 4) is 5.75 Å². The van der Waals surface area contributed by atoms with E-state index in [0.29, 0.717) is 12.2 Å². The molecule has 0 aliphatic rings. The second-order valence-electron chi connectivity index (χ2n) is 4.23. The summed E-state index contributed by atoms with van der Waals surface area (Å²) in [7, 11) is 1.58. The molecule has 0 fully saturated rings. The molecule has 0 bridgehead atoms. The molecule has 1 aromatic rings. The van der Waals surface area contributed by atoms with Gasteiger partial charge in [0.05, 0.1) is 13.7 Å². The van der Waals surface area contributed by atoms with Crippen molar-refractivity contribution in [3.63, 3.8) is 0 Å². The van der Waals surface area contributed by atoms with Crippen LogP contribution >= 0.6 is 0 Å². The zero-order chi connectivity index (χ0) is 12.8. The van der Waals surface area contributed by atoms with Crippen LogP contribution in [-0.2, 0) is 17.8 Å².